The number of amides is 4. The number of imide groups is 2. The van der Waals surface area contributed by atoms with Crippen molar-refractivity contribution in [3.05, 3.63) is 290 Å². The van der Waals surface area contributed by atoms with Crippen LogP contribution in [0.4, 0.5) is 11.4 Å². The molecule has 0 bridgehead atoms. The third-order valence-electron chi connectivity index (χ3n) is 16.1. The van der Waals surface area contributed by atoms with Crippen LogP contribution >= 0.6 is 0 Å². The van der Waals surface area contributed by atoms with E-state index >= 15 is 0 Å². The largest absolute Gasteiger partial charge is 0.268 e. The van der Waals surface area contributed by atoms with Gasteiger partial charge >= 0.3 is 0 Å². The molecule has 0 spiro atoms. The van der Waals surface area contributed by atoms with Gasteiger partial charge < -0.3 is 0 Å². The van der Waals surface area contributed by atoms with Crippen LogP contribution < -0.4 is 9.80 Å². The Hall–Kier alpha value is -11.2. The molecule has 0 radical (unpaired) electrons. The average molecular weight is 1050 g/mol. The van der Waals surface area contributed by atoms with Gasteiger partial charge in [-0.25, -0.2) is 9.80 Å². The molecule has 0 saturated heterocycles. The van der Waals surface area contributed by atoms with Crippen LogP contribution in [0, 0.1) is 0 Å². The van der Waals surface area contributed by atoms with E-state index in [-0.39, 0.29) is 23.6 Å². The highest BCUT2D eigenvalue weighted by atomic mass is 16.2. The maximum atomic E-state index is 13.9. The van der Waals surface area contributed by atoms with E-state index in [1.807, 2.05) is 200 Å². The van der Waals surface area contributed by atoms with Crippen molar-refractivity contribution < 1.29 is 19.2 Å². The Bertz CT molecular complexity index is 4680. The molecule has 0 fully saturated rings. The van der Waals surface area contributed by atoms with Crippen molar-refractivity contribution in [1.29, 1.82) is 0 Å². The summed E-state index contributed by atoms with van der Waals surface area (Å²) in [5.74, 6) is -1.23. The summed E-state index contributed by atoms with van der Waals surface area (Å²) in [4.78, 5) is 67.1. The monoisotopic (exact) mass is 1050 g/mol. The van der Waals surface area contributed by atoms with Gasteiger partial charge in [-0.15, -0.1) is 0 Å². The first-order chi connectivity index (χ1) is 40.4. The second-order valence-electron chi connectivity index (χ2n) is 20.6. The number of pyridine rings is 2. The average Bonchev–Trinajstić information content (AvgIpc) is 3.58. The molecule has 14 aromatic rings. The van der Waals surface area contributed by atoms with Crippen molar-refractivity contribution in [2.75, 3.05) is 9.80 Å². The maximum Gasteiger partial charge on any atom is 0.265 e. The molecule has 0 N–H and O–H groups in total. The molecule has 4 heterocycles. The van der Waals surface area contributed by atoms with Gasteiger partial charge in [-0.05, 0) is 148 Å². The van der Waals surface area contributed by atoms with Gasteiger partial charge in [0, 0.05) is 62.7 Å². The van der Waals surface area contributed by atoms with E-state index in [0.29, 0.717) is 44.4 Å². The number of anilines is 2. The normalized spacial score (nSPS) is 12.9. The molecule has 0 saturated carbocycles. The topological polar surface area (TPSA) is 101 Å². The number of carbonyl (C=O) groups is 4. The van der Waals surface area contributed by atoms with Gasteiger partial charge in [0.2, 0.25) is 0 Å². The van der Waals surface area contributed by atoms with Crippen molar-refractivity contribution in [2.45, 2.75) is 0 Å². The molecule has 12 aromatic carbocycles. The van der Waals surface area contributed by atoms with Crippen molar-refractivity contribution in [2.24, 2.45) is 0 Å². The van der Waals surface area contributed by atoms with Gasteiger partial charge in [0.25, 0.3) is 23.6 Å². The highest BCUT2D eigenvalue weighted by Gasteiger charge is 2.36. The fraction of sp³-hybridized carbons (Fsp3) is 0. The first-order valence-electron chi connectivity index (χ1n) is 27.1. The standard InChI is InChI=1S/2C37H22N2O2/c40-36-33-13-5-12-32-31(30-17-16-27(25-9-6-20-38-22-25)28-10-3-4-11-29(28)30)18-19-34(35(32)33)37(41)39(36)26-15-14-23-7-1-2-8-24(23)21-26;40-36-32-13-7-12-31-29(28-17-19-30(34-14-5-6-21-38-34)27-11-4-3-10-26(27)28)18-20-33(35(31)32)37(41)39(36)25-16-15-23-8-1-2-9-24(23)22-25/h2*1-22H. The minimum absolute atomic E-state index is 0.308. The molecule has 0 aliphatic carbocycles. The third-order valence-corrected chi connectivity index (χ3v) is 16.1. The van der Waals surface area contributed by atoms with Crippen molar-refractivity contribution in [3.8, 4) is 44.6 Å². The molecule has 384 valence electrons. The number of hydrogen-bond donors (Lipinski definition) is 0. The third kappa shape index (κ3) is 7.68. The Labute approximate surface area is 470 Å². The van der Waals surface area contributed by atoms with Crippen LogP contribution in [-0.2, 0) is 0 Å². The number of nitrogens with zero attached hydrogens (tertiary/aromatic N) is 4. The fourth-order valence-electron chi connectivity index (χ4n) is 12.4. The molecule has 8 nitrogen and oxygen atoms in total. The number of carbonyl (C=O) groups excluding carboxylic acids is 4. The van der Waals surface area contributed by atoms with Crippen LogP contribution in [0.25, 0.3) is 109 Å². The summed E-state index contributed by atoms with van der Waals surface area (Å²) >= 11 is 0. The molecule has 4 amide bonds. The summed E-state index contributed by atoms with van der Waals surface area (Å²) in [6, 6.07) is 81.5. The summed E-state index contributed by atoms with van der Waals surface area (Å²) < 4.78 is 0. The summed E-state index contributed by atoms with van der Waals surface area (Å²) in [7, 11) is 0. The van der Waals surface area contributed by atoms with E-state index in [1.54, 1.807) is 12.4 Å². The number of aromatic nitrogens is 2. The van der Waals surface area contributed by atoms with Gasteiger partial charge in [0.1, 0.15) is 0 Å². The summed E-state index contributed by atoms with van der Waals surface area (Å²) in [5.41, 5.74) is 11.5. The Balaban J connectivity index is 0.000000140. The molecule has 2 aliphatic heterocycles. The zero-order chi connectivity index (χ0) is 55.0. The lowest BCUT2D eigenvalue weighted by atomic mass is 9.86. The molecule has 82 heavy (non-hydrogen) atoms. The van der Waals surface area contributed by atoms with Gasteiger partial charge in [-0.2, -0.15) is 0 Å². The zero-order valence-electron chi connectivity index (χ0n) is 43.8. The Morgan fingerprint density at radius 2 is 0.659 bits per heavy atom. The van der Waals surface area contributed by atoms with Gasteiger partial charge in [-0.3, -0.25) is 29.1 Å². The highest BCUT2D eigenvalue weighted by Crippen LogP contribution is 2.44. The quantitative estimate of drug-likeness (QED) is 0.154. The minimum Gasteiger partial charge on any atom is -0.268 e. The van der Waals surface area contributed by atoms with Gasteiger partial charge in [0.05, 0.1) is 17.1 Å². The fourth-order valence-corrected chi connectivity index (χ4v) is 12.4. The van der Waals surface area contributed by atoms with E-state index in [4.69, 9.17) is 0 Å². The molecule has 16 rings (SSSR count). The molecule has 2 aromatic heterocycles. The Morgan fingerprint density at radius 3 is 1.13 bits per heavy atom. The van der Waals surface area contributed by atoms with Crippen molar-refractivity contribution >= 4 is 99.6 Å². The zero-order valence-corrected chi connectivity index (χ0v) is 43.8. The highest BCUT2D eigenvalue weighted by molar-refractivity contribution is 6.38. The van der Waals surface area contributed by atoms with E-state index < -0.39 is 0 Å². The number of benzene rings is 12. The summed E-state index contributed by atoms with van der Waals surface area (Å²) in [5, 5.41) is 11.7. The van der Waals surface area contributed by atoms with Crippen LogP contribution in [0.1, 0.15) is 41.4 Å². The summed E-state index contributed by atoms with van der Waals surface area (Å²) in [6.07, 6.45) is 5.46. The van der Waals surface area contributed by atoms with Gasteiger partial charge in [0.15, 0.2) is 0 Å². The second-order valence-corrected chi connectivity index (χ2v) is 20.6. The molecule has 8 heteroatoms. The Kier molecular flexibility index (Phi) is 11.3. The lowest BCUT2D eigenvalue weighted by Gasteiger charge is -2.28. The van der Waals surface area contributed by atoms with E-state index in [2.05, 4.69) is 64.6 Å². The van der Waals surface area contributed by atoms with E-state index in [1.165, 1.54) is 9.80 Å². The first-order valence-corrected chi connectivity index (χ1v) is 27.1. The van der Waals surface area contributed by atoms with Crippen LogP contribution in [0.2, 0.25) is 0 Å². The lowest BCUT2D eigenvalue weighted by molar-refractivity contribution is 0.0877. The van der Waals surface area contributed by atoms with Crippen LogP contribution in [-0.4, -0.2) is 33.6 Å². The smallest absolute Gasteiger partial charge is 0.265 e. The number of rotatable bonds is 6. The first kappa shape index (κ1) is 47.9. The Morgan fingerprint density at radius 1 is 0.268 bits per heavy atom. The van der Waals surface area contributed by atoms with Gasteiger partial charge in [-0.1, -0.05) is 182 Å². The SMILES string of the molecule is O=C1c2cccc3c(-c4ccc(-c5ccccn5)c5ccccc45)ccc(c23)C(=O)N1c1ccc2ccccc2c1.O=C1c2cccc3c(-c4ccc(-c5cccnc5)c5ccccc45)ccc(c23)C(=O)N1c1ccc2ccccc2c1. The molecular formula is C74H44N4O4. The van der Waals surface area contributed by atoms with Crippen LogP contribution in [0.5, 0.6) is 0 Å². The molecule has 0 atom stereocenters. The minimum atomic E-state index is -0.309. The van der Waals surface area contributed by atoms with Crippen molar-refractivity contribution in [3.63, 3.8) is 0 Å². The van der Waals surface area contributed by atoms with Crippen molar-refractivity contribution in [1.82, 2.24) is 9.97 Å². The second kappa shape index (κ2) is 19.3. The van der Waals surface area contributed by atoms with E-state index in [0.717, 1.165) is 98.5 Å². The predicted molar refractivity (Wildman–Crippen MR) is 330 cm³/mol. The predicted octanol–water partition coefficient (Wildman–Crippen LogP) is 17.4. The van der Waals surface area contributed by atoms with Crippen LogP contribution in [0.15, 0.2) is 267 Å². The molecular weight excluding hydrogens is 1010 g/mol. The lowest BCUT2D eigenvalue weighted by Crippen LogP contribution is -2.40. The molecule has 0 unspecified atom stereocenters. The van der Waals surface area contributed by atoms with Crippen LogP contribution in [0.3, 0.4) is 0 Å². The van der Waals surface area contributed by atoms with E-state index in [9.17, 15) is 19.2 Å². The summed E-state index contributed by atoms with van der Waals surface area (Å²) in [6.45, 7) is 0. The maximum absolute atomic E-state index is 13.9. The number of fused-ring (bicyclic) bond motifs is 4. The molecule has 2 aliphatic rings. The number of hydrogen-bond acceptors (Lipinski definition) is 6.